The third kappa shape index (κ3) is 3.09. The van der Waals surface area contributed by atoms with Crippen molar-refractivity contribution in [1.82, 2.24) is 5.48 Å². The summed E-state index contributed by atoms with van der Waals surface area (Å²) in [5.74, 6) is -1.25. The fraction of sp³-hybridized carbons (Fsp3) is 0.364. The largest absolute Gasteiger partial charge is 0.368 e. The van der Waals surface area contributed by atoms with Gasteiger partial charge in [0.1, 0.15) is 12.4 Å². The quantitative estimate of drug-likeness (QED) is 0.602. The molecular formula is C11H13FN2O4S. The number of hydrogen-bond donors (Lipinski definition) is 2. The predicted molar refractivity (Wildman–Crippen MR) is 64.1 cm³/mol. The van der Waals surface area contributed by atoms with E-state index in [1.54, 1.807) is 0 Å². The van der Waals surface area contributed by atoms with Gasteiger partial charge in [-0.15, -0.1) is 0 Å². The molecule has 3 N–H and O–H groups in total. The second-order valence-corrected chi connectivity index (χ2v) is 6.29. The van der Waals surface area contributed by atoms with Crippen molar-refractivity contribution in [2.45, 2.75) is 17.4 Å². The summed E-state index contributed by atoms with van der Waals surface area (Å²) < 4.78 is 36.9. The summed E-state index contributed by atoms with van der Waals surface area (Å²) in [5, 5.41) is 0. The number of carbonyl (C=O) groups is 1. The zero-order chi connectivity index (χ0) is 14.0. The van der Waals surface area contributed by atoms with Gasteiger partial charge in [-0.1, -0.05) is 0 Å². The molecule has 1 aromatic carbocycles. The zero-order valence-corrected chi connectivity index (χ0v) is 10.7. The molecule has 0 aromatic heterocycles. The van der Waals surface area contributed by atoms with Gasteiger partial charge in [0.25, 0.3) is 0 Å². The van der Waals surface area contributed by atoms with Crippen LogP contribution in [0.4, 0.5) is 4.39 Å². The summed E-state index contributed by atoms with van der Waals surface area (Å²) in [6, 6.07) is 3.00. The number of amides is 1. The zero-order valence-electron chi connectivity index (χ0n) is 9.93. The fourth-order valence-corrected chi connectivity index (χ4v) is 3.55. The van der Waals surface area contributed by atoms with E-state index in [1.165, 1.54) is 6.07 Å². The van der Waals surface area contributed by atoms with Gasteiger partial charge in [-0.25, -0.2) is 12.8 Å². The van der Waals surface area contributed by atoms with E-state index in [0.717, 1.165) is 12.1 Å². The lowest BCUT2D eigenvalue weighted by atomic mass is 10.0. The van der Waals surface area contributed by atoms with E-state index in [9.17, 15) is 17.6 Å². The third-order valence-electron chi connectivity index (χ3n) is 2.80. The maximum Gasteiger partial charge on any atom is 0.245 e. The van der Waals surface area contributed by atoms with E-state index in [1.807, 2.05) is 0 Å². The van der Waals surface area contributed by atoms with Crippen molar-refractivity contribution >= 4 is 15.7 Å². The van der Waals surface area contributed by atoms with Crippen LogP contribution in [-0.2, 0) is 19.5 Å². The van der Waals surface area contributed by atoms with Crippen LogP contribution in [0.2, 0.25) is 0 Å². The summed E-state index contributed by atoms with van der Waals surface area (Å²) in [6.45, 7) is -0.339. The molecule has 1 aliphatic heterocycles. The molecule has 0 saturated heterocycles. The molecule has 1 aliphatic rings. The molecule has 1 unspecified atom stereocenters. The predicted octanol–water partition coefficient (Wildman–Crippen LogP) is 0.0507. The van der Waals surface area contributed by atoms with Gasteiger partial charge < -0.3 is 5.73 Å². The average Bonchev–Trinajstić information content (AvgIpc) is 2.31. The van der Waals surface area contributed by atoms with Gasteiger partial charge >= 0.3 is 0 Å². The van der Waals surface area contributed by atoms with Crippen LogP contribution in [0.5, 0.6) is 0 Å². The molecule has 0 bridgehead atoms. The Labute approximate surface area is 109 Å². The number of hydrogen-bond acceptors (Lipinski definition) is 5. The normalized spacial score (nSPS) is 20.8. The van der Waals surface area contributed by atoms with Crippen molar-refractivity contribution in [3.63, 3.8) is 0 Å². The van der Waals surface area contributed by atoms with Gasteiger partial charge in [-0.2, -0.15) is 5.48 Å². The second-order valence-electron chi connectivity index (χ2n) is 4.22. The molecular weight excluding hydrogens is 275 g/mol. The molecule has 1 atom stereocenters. The lowest BCUT2D eigenvalue weighted by Gasteiger charge is -2.25. The lowest BCUT2D eigenvalue weighted by molar-refractivity contribution is -0.126. The summed E-state index contributed by atoms with van der Waals surface area (Å²) in [4.78, 5) is 15.5. The molecule has 8 heteroatoms. The second kappa shape index (κ2) is 5.24. The Balaban J connectivity index is 2.25. The van der Waals surface area contributed by atoms with Crippen LogP contribution in [0, 0.1) is 5.82 Å². The van der Waals surface area contributed by atoms with Crippen molar-refractivity contribution in [3.8, 4) is 0 Å². The molecule has 1 heterocycles. The molecule has 0 fully saturated rings. The fourth-order valence-electron chi connectivity index (χ4n) is 1.95. The number of carbonyl (C=O) groups excluding carboxylic acids is 1. The number of halogens is 1. The van der Waals surface area contributed by atoms with Gasteiger partial charge in [0.2, 0.25) is 5.91 Å². The van der Waals surface area contributed by atoms with E-state index in [-0.39, 0.29) is 23.7 Å². The monoisotopic (exact) mass is 288 g/mol. The Kier molecular flexibility index (Phi) is 3.83. The Morgan fingerprint density at radius 1 is 1.53 bits per heavy atom. The van der Waals surface area contributed by atoms with Crippen LogP contribution in [0.1, 0.15) is 18.0 Å². The smallest absolute Gasteiger partial charge is 0.245 e. The van der Waals surface area contributed by atoms with Crippen LogP contribution in [0.3, 0.4) is 0 Å². The van der Waals surface area contributed by atoms with Crippen molar-refractivity contribution in [2.24, 2.45) is 5.73 Å². The molecule has 0 aliphatic carbocycles. The maximum atomic E-state index is 13.2. The van der Waals surface area contributed by atoms with Crippen molar-refractivity contribution in [1.29, 1.82) is 0 Å². The minimum Gasteiger partial charge on any atom is -0.368 e. The van der Waals surface area contributed by atoms with Gasteiger partial charge in [-0.3, -0.25) is 9.63 Å². The van der Waals surface area contributed by atoms with Crippen molar-refractivity contribution in [2.75, 3.05) is 12.4 Å². The Bertz CT molecular complexity index is 603. The Morgan fingerprint density at radius 3 is 2.95 bits per heavy atom. The van der Waals surface area contributed by atoms with E-state index < -0.39 is 27.6 Å². The van der Waals surface area contributed by atoms with Crippen LogP contribution < -0.4 is 11.2 Å². The van der Waals surface area contributed by atoms with E-state index in [0.29, 0.717) is 5.56 Å². The summed E-state index contributed by atoms with van der Waals surface area (Å²) in [5.41, 5.74) is 7.75. The van der Waals surface area contributed by atoms with E-state index in [2.05, 4.69) is 5.48 Å². The number of hydroxylamine groups is 1. The average molecular weight is 288 g/mol. The minimum atomic E-state index is -3.39. The van der Waals surface area contributed by atoms with E-state index in [4.69, 9.17) is 10.6 Å². The molecule has 0 saturated carbocycles. The maximum absolute atomic E-state index is 13.2. The number of benzene rings is 1. The van der Waals surface area contributed by atoms with E-state index >= 15 is 0 Å². The Hall–Kier alpha value is -1.51. The molecule has 19 heavy (non-hydrogen) atoms. The van der Waals surface area contributed by atoms with Crippen LogP contribution >= 0.6 is 0 Å². The number of rotatable bonds is 4. The first-order valence-corrected chi connectivity index (χ1v) is 7.23. The van der Waals surface area contributed by atoms with Gasteiger partial charge in [0.15, 0.2) is 9.84 Å². The number of fused-ring (bicyclic) bond motifs is 1. The highest BCUT2D eigenvalue weighted by Gasteiger charge is 2.30. The molecule has 104 valence electrons. The Morgan fingerprint density at radius 2 is 2.26 bits per heavy atom. The molecule has 2 rings (SSSR count). The van der Waals surface area contributed by atoms with Gasteiger partial charge in [-0.05, 0) is 30.2 Å². The van der Waals surface area contributed by atoms with Crippen LogP contribution in [0.15, 0.2) is 23.1 Å². The standard InChI is InChI=1S/C11H13FN2O4S/c12-7-1-2-10-8(5-7)9(3-4-19(10,16)17)14-18-6-11(13)15/h1-2,5,9,14H,3-4,6H2,(H2,13,15). The first kappa shape index (κ1) is 13.9. The molecule has 6 nitrogen and oxygen atoms in total. The summed E-state index contributed by atoms with van der Waals surface area (Å²) >= 11 is 0. The van der Waals surface area contributed by atoms with Crippen LogP contribution in [-0.4, -0.2) is 26.7 Å². The highest BCUT2D eigenvalue weighted by Crippen LogP contribution is 2.32. The molecule has 0 spiro atoms. The lowest BCUT2D eigenvalue weighted by Crippen LogP contribution is -2.32. The number of sulfone groups is 1. The highest BCUT2D eigenvalue weighted by atomic mass is 32.2. The number of nitrogens with one attached hydrogen (secondary N) is 1. The van der Waals surface area contributed by atoms with Crippen molar-refractivity contribution in [3.05, 3.63) is 29.6 Å². The molecule has 1 amide bonds. The van der Waals surface area contributed by atoms with Crippen LogP contribution in [0.25, 0.3) is 0 Å². The first-order chi connectivity index (χ1) is 8.90. The van der Waals surface area contributed by atoms with Gasteiger partial charge in [0.05, 0.1) is 16.7 Å². The van der Waals surface area contributed by atoms with Crippen molar-refractivity contribution < 1.29 is 22.4 Å². The third-order valence-corrected chi connectivity index (χ3v) is 4.61. The highest BCUT2D eigenvalue weighted by molar-refractivity contribution is 7.91. The van der Waals surface area contributed by atoms with Gasteiger partial charge in [0, 0.05) is 0 Å². The first-order valence-electron chi connectivity index (χ1n) is 5.58. The number of primary amides is 1. The number of nitrogens with two attached hydrogens (primary N) is 1. The molecule has 0 radical (unpaired) electrons. The SMILES string of the molecule is NC(=O)CONC1CCS(=O)(=O)c2ccc(F)cc21. The summed E-state index contributed by atoms with van der Waals surface area (Å²) in [7, 11) is -3.39. The minimum absolute atomic E-state index is 0.0662. The molecule has 1 aromatic rings. The topological polar surface area (TPSA) is 98.5 Å². The summed E-state index contributed by atoms with van der Waals surface area (Å²) in [6.07, 6.45) is 0.234.